The minimum absolute atomic E-state index is 0.0280. The predicted molar refractivity (Wildman–Crippen MR) is 165 cm³/mol. The molecule has 1 atom stereocenters. The van der Waals surface area contributed by atoms with E-state index in [9.17, 15) is 10.1 Å². The fourth-order valence-corrected chi connectivity index (χ4v) is 5.00. The van der Waals surface area contributed by atoms with Crippen molar-refractivity contribution in [1.82, 2.24) is 0 Å². The highest BCUT2D eigenvalue weighted by Crippen LogP contribution is 2.44. The van der Waals surface area contributed by atoms with Gasteiger partial charge in [0.2, 0.25) is 5.88 Å². The van der Waals surface area contributed by atoms with E-state index >= 15 is 0 Å². The molecule has 0 fully saturated rings. The normalized spacial score (nSPS) is 14.0. The lowest BCUT2D eigenvalue weighted by Crippen LogP contribution is -2.21. The third-order valence-corrected chi connectivity index (χ3v) is 7.26. The average Bonchev–Trinajstić information content (AvgIpc) is 2.99. The van der Waals surface area contributed by atoms with E-state index in [-0.39, 0.29) is 23.8 Å². The van der Waals surface area contributed by atoms with Crippen LogP contribution in [0.1, 0.15) is 46.8 Å². The molecule has 4 aromatic carbocycles. The SMILES string of the molecule is CC(C)COc1ccc(C(=O)Oc2ccc3c(c2)OC(N)=C(C#N)C3c2cccc(OCc3ccc(Cl)cc3Cl)c2)cc1. The van der Waals surface area contributed by atoms with Gasteiger partial charge in [0, 0.05) is 27.2 Å². The Hall–Kier alpha value is -4.64. The van der Waals surface area contributed by atoms with E-state index < -0.39 is 11.9 Å². The second kappa shape index (κ2) is 13.1. The number of hydrogen-bond donors (Lipinski definition) is 1. The molecule has 1 aliphatic rings. The van der Waals surface area contributed by atoms with Crippen molar-refractivity contribution in [2.24, 2.45) is 11.7 Å². The highest BCUT2D eigenvalue weighted by molar-refractivity contribution is 6.35. The first kappa shape index (κ1) is 29.8. The van der Waals surface area contributed by atoms with Crippen LogP contribution < -0.4 is 24.7 Å². The number of allylic oxidation sites excluding steroid dienone is 1. The van der Waals surface area contributed by atoms with Crippen molar-refractivity contribution in [3.8, 4) is 29.1 Å². The van der Waals surface area contributed by atoms with E-state index in [2.05, 4.69) is 19.9 Å². The van der Waals surface area contributed by atoms with Crippen LogP contribution in [0.4, 0.5) is 0 Å². The zero-order valence-electron chi connectivity index (χ0n) is 23.5. The van der Waals surface area contributed by atoms with Gasteiger partial charge in [0.25, 0.3) is 0 Å². The Labute approximate surface area is 260 Å². The summed E-state index contributed by atoms with van der Waals surface area (Å²) in [4.78, 5) is 12.8. The van der Waals surface area contributed by atoms with E-state index in [0.29, 0.717) is 50.9 Å². The van der Waals surface area contributed by atoms with Gasteiger partial charge in [-0.15, -0.1) is 0 Å². The van der Waals surface area contributed by atoms with E-state index in [4.69, 9.17) is 47.9 Å². The van der Waals surface area contributed by atoms with Gasteiger partial charge in [0.15, 0.2) is 0 Å². The number of nitrogens with two attached hydrogens (primary N) is 1. The summed E-state index contributed by atoms with van der Waals surface area (Å²) in [5.74, 6) is 1.21. The summed E-state index contributed by atoms with van der Waals surface area (Å²) in [6.45, 7) is 4.94. The summed E-state index contributed by atoms with van der Waals surface area (Å²) in [5.41, 5.74) is 9.07. The van der Waals surface area contributed by atoms with Gasteiger partial charge in [-0.1, -0.05) is 61.3 Å². The maximum atomic E-state index is 12.8. The van der Waals surface area contributed by atoms with Crippen molar-refractivity contribution in [2.75, 3.05) is 6.61 Å². The second-order valence-electron chi connectivity index (χ2n) is 10.3. The van der Waals surface area contributed by atoms with Crippen molar-refractivity contribution < 1.29 is 23.7 Å². The number of nitriles is 1. The largest absolute Gasteiger partial charge is 0.493 e. The van der Waals surface area contributed by atoms with E-state index in [1.54, 1.807) is 54.6 Å². The van der Waals surface area contributed by atoms with Crippen molar-refractivity contribution in [2.45, 2.75) is 26.4 Å². The van der Waals surface area contributed by atoms with Crippen LogP contribution in [0.2, 0.25) is 10.0 Å². The molecule has 43 heavy (non-hydrogen) atoms. The molecule has 218 valence electrons. The highest BCUT2D eigenvalue weighted by atomic mass is 35.5. The molecule has 0 aliphatic carbocycles. The minimum atomic E-state index is -0.533. The average molecular weight is 616 g/mol. The van der Waals surface area contributed by atoms with Crippen LogP contribution in [0, 0.1) is 17.2 Å². The molecule has 1 unspecified atom stereocenters. The van der Waals surface area contributed by atoms with Gasteiger partial charge in [-0.3, -0.25) is 0 Å². The molecule has 0 spiro atoms. The van der Waals surface area contributed by atoms with Crippen molar-refractivity contribution in [3.63, 3.8) is 0 Å². The molecule has 0 radical (unpaired) electrons. The highest BCUT2D eigenvalue weighted by Gasteiger charge is 2.31. The maximum absolute atomic E-state index is 12.8. The Balaban J connectivity index is 1.35. The molecule has 0 saturated heterocycles. The molecular formula is C34H28Cl2N2O5. The number of halogens is 2. The lowest BCUT2D eigenvalue weighted by atomic mass is 9.83. The quantitative estimate of drug-likeness (QED) is 0.150. The van der Waals surface area contributed by atoms with E-state index in [1.807, 2.05) is 30.3 Å². The lowest BCUT2D eigenvalue weighted by molar-refractivity contribution is 0.0734. The summed E-state index contributed by atoms with van der Waals surface area (Å²) in [7, 11) is 0. The Morgan fingerprint density at radius 1 is 0.953 bits per heavy atom. The van der Waals surface area contributed by atoms with Crippen LogP contribution in [-0.2, 0) is 6.61 Å². The number of fused-ring (bicyclic) bond motifs is 1. The second-order valence-corrected chi connectivity index (χ2v) is 11.2. The first-order chi connectivity index (χ1) is 20.7. The van der Waals surface area contributed by atoms with Crippen molar-refractivity contribution in [3.05, 3.63) is 129 Å². The molecule has 7 nitrogen and oxygen atoms in total. The molecule has 1 aliphatic heterocycles. The number of carbonyl (C=O) groups excluding carboxylic acids is 1. The molecule has 9 heteroatoms. The van der Waals surface area contributed by atoms with Gasteiger partial charge in [0.05, 0.1) is 18.1 Å². The molecule has 1 heterocycles. The molecule has 2 N–H and O–H groups in total. The summed E-state index contributed by atoms with van der Waals surface area (Å²) < 4.78 is 23.1. The predicted octanol–water partition coefficient (Wildman–Crippen LogP) is 8.04. The monoisotopic (exact) mass is 614 g/mol. The van der Waals surface area contributed by atoms with Crippen LogP contribution >= 0.6 is 23.2 Å². The topological polar surface area (TPSA) is 104 Å². The first-order valence-electron chi connectivity index (χ1n) is 13.5. The summed E-state index contributed by atoms with van der Waals surface area (Å²) in [6, 6.07) is 26.6. The fourth-order valence-electron chi connectivity index (χ4n) is 4.54. The van der Waals surface area contributed by atoms with Crippen LogP contribution in [0.25, 0.3) is 0 Å². The summed E-state index contributed by atoms with van der Waals surface area (Å²) in [6.07, 6.45) is 0. The smallest absolute Gasteiger partial charge is 0.343 e. The standard InChI is InChI=1S/C34H28Cl2N2O5/c1-20(2)18-40-25-10-7-21(8-11-25)34(39)42-27-12-13-28-31(16-27)43-33(38)29(17-37)32(28)22-4-3-5-26(14-22)41-19-23-6-9-24(35)15-30(23)36/h3-16,20,32H,18-19,38H2,1-2H3. The molecule has 0 aromatic heterocycles. The summed E-state index contributed by atoms with van der Waals surface area (Å²) in [5, 5.41) is 11.0. The third-order valence-electron chi connectivity index (χ3n) is 6.68. The Morgan fingerprint density at radius 2 is 1.72 bits per heavy atom. The van der Waals surface area contributed by atoms with Crippen LogP contribution in [0.5, 0.6) is 23.0 Å². The van der Waals surface area contributed by atoms with Gasteiger partial charge < -0.3 is 24.7 Å². The van der Waals surface area contributed by atoms with Gasteiger partial charge in [-0.2, -0.15) is 5.26 Å². The molecule has 4 aromatic rings. The van der Waals surface area contributed by atoms with Crippen LogP contribution in [0.15, 0.2) is 96.4 Å². The van der Waals surface area contributed by atoms with Gasteiger partial charge in [-0.25, -0.2) is 4.79 Å². The Morgan fingerprint density at radius 3 is 2.44 bits per heavy atom. The lowest BCUT2D eigenvalue weighted by Gasteiger charge is -2.27. The number of esters is 1. The molecular weight excluding hydrogens is 587 g/mol. The van der Waals surface area contributed by atoms with Gasteiger partial charge in [-0.05, 0) is 66.1 Å². The molecule has 0 bridgehead atoms. The minimum Gasteiger partial charge on any atom is -0.493 e. The third kappa shape index (κ3) is 7.06. The number of carbonyl (C=O) groups is 1. The Kier molecular flexibility index (Phi) is 9.10. The number of ether oxygens (including phenoxy) is 4. The zero-order valence-corrected chi connectivity index (χ0v) is 25.0. The van der Waals surface area contributed by atoms with E-state index in [0.717, 1.165) is 11.1 Å². The Bertz CT molecular complexity index is 1730. The zero-order chi connectivity index (χ0) is 30.5. The number of benzene rings is 4. The van der Waals surface area contributed by atoms with Crippen LogP contribution in [0.3, 0.4) is 0 Å². The van der Waals surface area contributed by atoms with E-state index in [1.165, 1.54) is 0 Å². The summed E-state index contributed by atoms with van der Waals surface area (Å²) >= 11 is 12.3. The fraction of sp³-hybridized carbons (Fsp3) is 0.176. The van der Waals surface area contributed by atoms with Crippen molar-refractivity contribution >= 4 is 29.2 Å². The van der Waals surface area contributed by atoms with Gasteiger partial charge in [0.1, 0.15) is 41.2 Å². The van der Waals surface area contributed by atoms with Crippen LogP contribution in [-0.4, -0.2) is 12.6 Å². The molecule has 5 rings (SSSR count). The molecule has 0 saturated carbocycles. The number of rotatable bonds is 9. The first-order valence-corrected chi connectivity index (χ1v) is 14.3. The molecule has 0 amide bonds. The maximum Gasteiger partial charge on any atom is 0.343 e. The number of hydrogen-bond acceptors (Lipinski definition) is 7. The van der Waals surface area contributed by atoms with Crippen molar-refractivity contribution in [1.29, 1.82) is 5.26 Å². The number of nitrogens with zero attached hydrogens (tertiary/aromatic N) is 1. The van der Waals surface area contributed by atoms with Gasteiger partial charge >= 0.3 is 5.97 Å².